The molecule has 0 unspecified atom stereocenters. The molecule has 0 saturated carbocycles. The number of rotatable bonds is 5. The summed E-state index contributed by atoms with van der Waals surface area (Å²) in [6.07, 6.45) is 2.08. The molecule has 0 aliphatic carbocycles. The topological polar surface area (TPSA) is 15.3 Å². The van der Waals surface area contributed by atoms with Crippen LogP contribution in [0.3, 0.4) is 0 Å². The van der Waals surface area contributed by atoms with Gasteiger partial charge in [-0.25, -0.2) is 8.78 Å². The highest BCUT2D eigenvalue weighted by Crippen LogP contribution is 2.28. The molecule has 0 bridgehead atoms. The van der Waals surface area contributed by atoms with E-state index in [2.05, 4.69) is 24.1 Å². The molecule has 2 rings (SSSR count). The molecule has 0 amide bonds. The van der Waals surface area contributed by atoms with Gasteiger partial charge in [0.25, 0.3) is 0 Å². The molecule has 2 nitrogen and oxygen atoms in total. The van der Waals surface area contributed by atoms with Crippen molar-refractivity contribution in [2.75, 3.05) is 26.2 Å². The van der Waals surface area contributed by atoms with Crippen molar-refractivity contribution >= 4 is 0 Å². The summed E-state index contributed by atoms with van der Waals surface area (Å²) in [5.74, 6) is -0.894. The molecule has 4 heteroatoms. The van der Waals surface area contributed by atoms with Crippen LogP contribution in [-0.2, 0) is 0 Å². The molecule has 0 aromatic heterocycles. The summed E-state index contributed by atoms with van der Waals surface area (Å²) in [6.45, 7) is 8.23. The molecule has 1 aromatic carbocycles. The zero-order chi connectivity index (χ0) is 14.5. The summed E-state index contributed by atoms with van der Waals surface area (Å²) < 4.78 is 26.6. The second-order valence-corrected chi connectivity index (χ2v) is 5.95. The highest BCUT2D eigenvalue weighted by atomic mass is 19.2. The van der Waals surface area contributed by atoms with Crippen LogP contribution >= 0.6 is 0 Å². The number of halogens is 2. The Hall–Kier alpha value is -1.00. The van der Waals surface area contributed by atoms with E-state index < -0.39 is 11.6 Å². The van der Waals surface area contributed by atoms with Crippen LogP contribution in [0.4, 0.5) is 8.78 Å². The standard InChI is InChI=1S/C16H24F2N2/c1-12(2)3-6-16(20-9-7-19-8-10-20)13-4-5-14(17)15(18)11-13/h4-5,11-12,16,19H,3,6-10H2,1-2H3/t16-/m0/s1. The third-order valence-corrected chi connectivity index (χ3v) is 3.94. The van der Waals surface area contributed by atoms with E-state index >= 15 is 0 Å². The van der Waals surface area contributed by atoms with Crippen molar-refractivity contribution in [2.24, 2.45) is 5.92 Å². The van der Waals surface area contributed by atoms with Gasteiger partial charge < -0.3 is 5.32 Å². The summed E-state index contributed by atoms with van der Waals surface area (Å²) in [7, 11) is 0. The minimum atomic E-state index is -0.767. The summed E-state index contributed by atoms with van der Waals surface area (Å²) in [5, 5.41) is 3.33. The summed E-state index contributed by atoms with van der Waals surface area (Å²) in [5.41, 5.74) is 0.895. The van der Waals surface area contributed by atoms with Crippen LogP contribution in [0, 0.1) is 17.6 Å². The molecule has 1 aliphatic heterocycles. The minimum Gasteiger partial charge on any atom is -0.314 e. The second kappa shape index (κ2) is 7.14. The van der Waals surface area contributed by atoms with E-state index in [9.17, 15) is 8.78 Å². The van der Waals surface area contributed by atoms with Crippen molar-refractivity contribution in [3.8, 4) is 0 Å². The highest BCUT2D eigenvalue weighted by Gasteiger charge is 2.23. The largest absolute Gasteiger partial charge is 0.314 e. The molecule has 1 fully saturated rings. The Morgan fingerprint density at radius 2 is 1.80 bits per heavy atom. The molecule has 1 heterocycles. The predicted molar refractivity (Wildman–Crippen MR) is 77.6 cm³/mol. The zero-order valence-electron chi connectivity index (χ0n) is 12.3. The summed E-state index contributed by atoms with van der Waals surface area (Å²) >= 11 is 0. The van der Waals surface area contributed by atoms with E-state index in [-0.39, 0.29) is 6.04 Å². The van der Waals surface area contributed by atoms with Crippen molar-refractivity contribution in [3.63, 3.8) is 0 Å². The van der Waals surface area contributed by atoms with Crippen LogP contribution in [0.15, 0.2) is 18.2 Å². The first-order valence-corrected chi connectivity index (χ1v) is 7.47. The normalized spacial score (nSPS) is 18.4. The molecule has 1 aromatic rings. The van der Waals surface area contributed by atoms with Gasteiger partial charge in [-0.15, -0.1) is 0 Å². The Morgan fingerprint density at radius 1 is 1.10 bits per heavy atom. The van der Waals surface area contributed by atoms with Crippen molar-refractivity contribution in [2.45, 2.75) is 32.7 Å². The van der Waals surface area contributed by atoms with Gasteiger partial charge >= 0.3 is 0 Å². The number of benzene rings is 1. The first-order valence-electron chi connectivity index (χ1n) is 7.47. The van der Waals surface area contributed by atoms with Crippen LogP contribution in [-0.4, -0.2) is 31.1 Å². The minimum absolute atomic E-state index is 0.189. The highest BCUT2D eigenvalue weighted by molar-refractivity contribution is 5.21. The molecular weight excluding hydrogens is 258 g/mol. The van der Waals surface area contributed by atoms with Gasteiger partial charge in [0.15, 0.2) is 11.6 Å². The molecule has 1 aliphatic rings. The second-order valence-electron chi connectivity index (χ2n) is 5.95. The van der Waals surface area contributed by atoms with Gasteiger partial charge in [0, 0.05) is 32.2 Å². The first-order chi connectivity index (χ1) is 9.58. The molecule has 1 atom stereocenters. The Bertz CT molecular complexity index is 428. The van der Waals surface area contributed by atoms with Crippen LogP contribution < -0.4 is 5.32 Å². The fourth-order valence-corrected chi connectivity index (χ4v) is 2.76. The first kappa shape index (κ1) is 15.4. The van der Waals surface area contributed by atoms with Crippen molar-refractivity contribution in [1.82, 2.24) is 10.2 Å². The van der Waals surface area contributed by atoms with Gasteiger partial charge in [0.2, 0.25) is 0 Å². The molecule has 20 heavy (non-hydrogen) atoms. The third kappa shape index (κ3) is 4.00. The SMILES string of the molecule is CC(C)CC[C@@H](c1ccc(F)c(F)c1)N1CCNCC1. The van der Waals surface area contributed by atoms with Crippen molar-refractivity contribution in [3.05, 3.63) is 35.4 Å². The molecular formula is C16H24F2N2. The average Bonchev–Trinajstić information content (AvgIpc) is 2.44. The van der Waals surface area contributed by atoms with Crippen molar-refractivity contribution < 1.29 is 8.78 Å². The van der Waals surface area contributed by atoms with Gasteiger partial charge in [-0.2, -0.15) is 0 Å². The lowest BCUT2D eigenvalue weighted by molar-refractivity contribution is 0.159. The van der Waals surface area contributed by atoms with Crippen molar-refractivity contribution in [1.29, 1.82) is 0 Å². The molecule has 1 N–H and O–H groups in total. The maximum atomic E-state index is 13.5. The Labute approximate surface area is 120 Å². The van der Waals surface area contributed by atoms with Gasteiger partial charge in [-0.05, 0) is 36.5 Å². The van der Waals surface area contributed by atoms with Crippen LogP contribution in [0.1, 0.15) is 38.3 Å². The Morgan fingerprint density at radius 3 is 2.40 bits per heavy atom. The Balaban J connectivity index is 2.17. The van der Waals surface area contributed by atoms with Gasteiger partial charge in [-0.3, -0.25) is 4.90 Å². The molecule has 1 saturated heterocycles. The van der Waals surface area contributed by atoms with Crippen LogP contribution in [0.25, 0.3) is 0 Å². The van der Waals surface area contributed by atoms with Crippen LogP contribution in [0.5, 0.6) is 0 Å². The lowest BCUT2D eigenvalue weighted by Gasteiger charge is -2.35. The van der Waals surface area contributed by atoms with E-state index in [1.165, 1.54) is 12.1 Å². The smallest absolute Gasteiger partial charge is 0.159 e. The monoisotopic (exact) mass is 282 g/mol. The third-order valence-electron chi connectivity index (χ3n) is 3.94. The van der Waals surface area contributed by atoms with E-state index in [0.717, 1.165) is 44.6 Å². The van der Waals surface area contributed by atoms with Gasteiger partial charge in [0.05, 0.1) is 0 Å². The van der Waals surface area contributed by atoms with E-state index in [0.29, 0.717) is 5.92 Å². The molecule has 0 radical (unpaired) electrons. The number of nitrogens with one attached hydrogen (secondary N) is 1. The van der Waals surface area contributed by atoms with Crippen LogP contribution in [0.2, 0.25) is 0 Å². The lowest BCUT2D eigenvalue weighted by Crippen LogP contribution is -2.45. The number of hydrogen-bond acceptors (Lipinski definition) is 2. The summed E-state index contributed by atoms with van der Waals surface area (Å²) in [6, 6.07) is 4.53. The fraction of sp³-hybridized carbons (Fsp3) is 0.625. The predicted octanol–water partition coefficient (Wildman–Crippen LogP) is 3.35. The maximum absolute atomic E-state index is 13.5. The average molecular weight is 282 g/mol. The lowest BCUT2D eigenvalue weighted by atomic mass is 9.95. The Kier molecular flexibility index (Phi) is 5.49. The van der Waals surface area contributed by atoms with Gasteiger partial charge in [-0.1, -0.05) is 19.9 Å². The van der Waals surface area contributed by atoms with Gasteiger partial charge in [0.1, 0.15) is 0 Å². The van der Waals surface area contributed by atoms with E-state index in [4.69, 9.17) is 0 Å². The maximum Gasteiger partial charge on any atom is 0.159 e. The zero-order valence-corrected chi connectivity index (χ0v) is 12.3. The van der Waals surface area contributed by atoms with E-state index in [1.54, 1.807) is 6.07 Å². The number of hydrogen-bond donors (Lipinski definition) is 1. The molecule has 112 valence electrons. The fourth-order valence-electron chi connectivity index (χ4n) is 2.76. The summed E-state index contributed by atoms with van der Waals surface area (Å²) in [4.78, 5) is 2.38. The molecule has 0 spiro atoms. The van der Waals surface area contributed by atoms with E-state index in [1.807, 2.05) is 0 Å². The number of piperazine rings is 1. The number of nitrogens with zero attached hydrogens (tertiary/aromatic N) is 1. The quantitative estimate of drug-likeness (QED) is 0.891.